The molecule has 0 radical (unpaired) electrons. The maximum atomic E-state index is 12.3. The first kappa shape index (κ1) is 27.5. The van der Waals surface area contributed by atoms with Crippen LogP contribution in [0.5, 0.6) is 0 Å². The number of hydrogen-bond donors (Lipinski definition) is 0. The third kappa shape index (κ3) is 13.6. The number of quaternary nitrogens is 1. The molecule has 0 bridgehead atoms. The first-order chi connectivity index (χ1) is 14.8. The van der Waals surface area contributed by atoms with Crippen molar-refractivity contribution in [1.29, 1.82) is 0 Å². The van der Waals surface area contributed by atoms with Gasteiger partial charge in [0.05, 0.1) is 21.1 Å². The van der Waals surface area contributed by atoms with Crippen LogP contribution in [0.3, 0.4) is 0 Å². The molecule has 0 saturated carbocycles. The number of unbranched alkanes of at least 4 members (excludes halogenated alkanes) is 2. The zero-order valence-corrected chi connectivity index (χ0v) is 22.6. The van der Waals surface area contributed by atoms with Gasteiger partial charge in [-0.15, -0.1) is 0 Å². The van der Waals surface area contributed by atoms with Crippen LogP contribution < -0.4 is 0 Å². The molecule has 0 aromatic rings. The summed E-state index contributed by atoms with van der Waals surface area (Å²) < 4.78 is 11.8. The minimum atomic E-state index is -0.384. The third-order valence-corrected chi connectivity index (χ3v) is 11.3. The predicted molar refractivity (Wildman–Crippen MR) is 138 cm³/mol. The van der Waals surface area contributed by atoms with Crippen LogP contribution >= 0.6 is 43.2 Å². The van der Waals surface area contributed by atoms with Gasteiger partial charge in [0.1, 0.15) is 13.2 Å². The van der Waals surface area contributed by atoms with Crippen LogP contribution in [0.4, 0.5) is 0 Å². The van der Waals surface area contributed by atoms with E-state index in [-0.39, 0.29) is 24.6 Å². The summed E-state index contributed by atoms with van der Waals surface area (Å²) in [5.74, 6) is 2.15. The van der Waals surface area contributed by atoms with Crippen LogP contribution in [0.2, 0.25) is 0 Å². The molecule has 2 saturated heterocycles. The van der Waals surface area contributed by atoms with Crippen LogP contribution in [-0.2, 0) is 19.1 Å². The molecule has 0 spiro atoms. The Balaban J connectivity index is 1.60. The Kier molecular flexibility index (Phi) is 13.6. The molecule has 0 amide bonds. The molecular weight excluding hydrogens is 471 g/mol. The zero-order chi connectivity index (χ0) is 22.5. The summed E-state index contributed by atoms with van der Waals surface area (Å²) in [5.41, 5.74) is 0. The fraction of sp³-hybridized carbons (Fsp3) is 0.909. The molecule has 31 heavy (non-hydrogen) atoms. The van der Waals surface area contributed by atoms with Crippen molar-refractivity contribution >= 4 is 55.1 Å². The van der Waals surface area contributed by atoms with Gasteiger partial charge in [-0.05, 0) is 38.5 Å². The predicted octanol–water partition coefficient (Wildman–Crippen LogP) is 5.58. The normalized spacial score (nSPS) is 22.4. The van der Waals surface area contributed by atoms with E-state index < -0.39 is 0 Å². The molecular formula is C22H40NO4S4+. The molecule has 9 heteroatoms. The highest BCUT2D eigenvalue weighted by molar-refractivity contribution is 8.77. The molecule has 3 atom stereocenters. The molecule has 2 rings (SSSR count). The smallest absolute Gasteiger partial charge is 0.306 e. The average molecular weight is 511 g/mol. The van der Waals surface area contributed by atoms with Gasteiger partial charge in [-0.2, -0.15) is 0 Å². The first-order valence-electron chi connectivity index (χ1n) is 11.5. The van der Waals surface area contributed by atoms with E-state index in [0.29, 0.717) is 23.9 Å². The first-order valence-corrected chi connectivity index (χ1v) is 16.3. The molecule has 2 aliphatic rings. The van der Waals surface area contributed by atoms with Crippen molar-refractivity contribution in [2.75, 3.05) is 45.8 Å². The number of likely N-dealkylation sites (N-methyl/N-ethyl adjacent to an activating group) is 1. The van der Waals surface area contributed by atoms with Crippen LogP contribution in [0.15, 0.2) is 0 Å². The zero-order valence-electron chi connectivity index (χ0n) is 19.3. The van der Waals surface area contributed by atoms with Crippen LogP contribution in [-0.4, -0.2) is 78.8 Å². The standard InChI is InChI=1S/C22H40NO4S4/c1-23(2,3)16-18(27-22(25)11-7-5-9-20-13-15-29-31-20)17-26-21(24)10-6-4-8-19-12-14-28-30-19/h18-20H,4-17H2,1-3H3/q+1. The SMILES string of the molecule is C[N+](C)(C)CC(COC(=O)CCCCC1CCSS1)OC(=O)CCCCC1CCSS1. The fourth-order valence-corrected chi connectivity index (χ4v) is 9.70. The molecule has 2 fully saturated rings. The highest BCUT2D eigenvalue weighted by Crippen LogP contribution is 2.40. The molecule has 0 aliphatic carbocycles. The van der Waals surface area contributed by atoms with Gasteiger partial charge in [0, 0.05) is 34.8 Å². The lowest BCUT2D eigenvalue weighted by atomic mass is 10.1. The van der Waals surface area contributed by atoms with E-state index >= 15 is 0 Å². The lowest BCUT2D eigenvalue weighted by Gasteiger charge is -2.28. The molecule has 5 nitrogen and oxygen atoms in total. The van der Waals surface area contributed by atoms with Gasteiger partial charge in [0.15, 0.2) is 6.10 Å². The van der Waals surface area contributed by atoms with Gasteiger partial charge in [0.25, 0.3) is 0 Å². The summed E-state index contributed by atoms with van der Waals surface area (Å²) in [7, 11) is 14.1. The number of hydrogen-bond acceptors (Lipinski definition) is 8. The van der Waals surface area contributed by atoms with E-state index in [9.17, 15) is 9.59 Å². The average Bonchev–Trinajstić information content (AvgIpc) is 3.39. The van der Waals surface area contributed by atoms with E-state index in [4.69, 9.17) is 9.47 Å². The fourth-order valence-electron chi connectivity index (χ4n) is 3.65. The van der Waals surface area contributed by atoms with Crippen LogP contribution in [0.1, 0.15) is 64.2 Å². The highest BCUT2D eigenvalue weighted by Gasteiger charge is 2.24. The van der Waals surface area contributed by atoms with Crippen molar-refractivity contribution in [1.82, 2.24) is 0 Å². The van der Waals surface area contributed by atoms with Crippen molar-refractivity contribution in [2.45, 2.75) is 80.8 Å². The quantitative estimate of drug-likeness (QED) is 0.123. The number of esters is 2. The summed E-state index contributed by atoms with van der Waals surface area (Å²) in [4.78, 5) is 24.5. The molecule has 2 aliphatic heterocycles. The minimum absolute atomic E-state index is 0.158. The van der Waals surface area contributed by atoms with Crippen molar-refractivity contribution < 1.29 is 23.5 Å². The van der Waals surface area contributed by atoms with Gasteiger partial charge >= 0.3 is 11.9 Å². The Morgan fingerprint density at radius 1 is 0.871 bits per heavy atom. The molecule has 2 heterocycles. The highest BCUT2D eigenvalue weighted by atomic mass is 33.1. The number of carbonyl (C=O) groups is 2. The number of rotatable bonds is 15. The summed E-state index contributed by atoms with van der Waals surface area (Å²) in [6.45, 7) is 0.788. The monoisotopic (exact) mass is 510 g/mol. The Labute approximate surface area is 204 Å². The lowest BCUT2D eigenvalue weighted by Crippen LogP contribution is -2.45. The van der Waals surface area contributed by atoms with Crippen LogP contribution in [0.25, 0.3) is 0 Å². The number of ether oxygens (including phenoxy) is 2. The Hall–Kier alpha value is 0.300. The minimum Gasteiger partial charge on any atom is -0.461 e. The topological polar surface area (TPSA) is 52.6 Å². The Bertz CT molecular complexity index is 532. The molecule has 180 valence electrons. The third-order valence-electron chi connectivity index (χ3n) is 5.25. The molecule has 0 aromatic heterocycles. The summed E-state index contributed by atoms with van der Waals surface area (Å²) in [6, 6.07) is 0. The number of carbonyl (C=O) groups excluding carboxylic acids is 2. The van der Waals surface area contributed by atoms with Gasteiger partial charge in [-0.25, -0.2) is 0 Å². The maximum absolute atomic E-state index is 12.3. The van der Waals surface area contributed by atoms with E-state index in [1.165, 1.54) is 37.2 Å². The van der Waals surface area contributed by atoms with Gasteiger partial charge in [-0.3, -0.25) is 9.59 Å². The van der Waals surface area contributed by atoms with E-state index in [0.717, 1.165) is 36.2 Å². The second-order valence-electron chi connectivity index (χ2n) is 9.42. The van der Waals surface area contributed by atoms with Crippen molar-refractivity contribution in [3.05, 3.63) is 0 Å². The second kappa shape index (κ2) is 15.3. The van der Waals surface area contributed by atoms with Crippen molar-refractivity contribution in [3.63, 3.8) is 0 Å². The number of nitrogens with zero attached hydrogens (tertiary/aromatic N) is 1. The summed E-state index contributed by atoms with van der Waals surface area (Å²) in [5, 5.41) is 1.51. The van der Waals surface area contributed by atoms with Crippen molar-refractivity contribution in [2.24, 2.45) is 0 Å². The second-order valence-corrected chi connectivity index (χ2v) is 15.0. The molecule has 0 aromatic carbocycles. The van der Waals surface area contributed by atoms with Crippen molar-refractivity contribution in [3.8, 4) is 0 Å². The van der Waals surface area contributed by atoms with Crippen LogP contribution in [0, 0.1) is 0 Å². The maximum Gasteiger partial charge on any atom is 0.306 e. The van der Waals surface area contributed by atoms with E-state index in [1.54, 1.807) is 0 Å². The Morgan fingerprint density at radius 3 is 1.90 bits per heavy atom. The lowest BCUT2D eigenvalue weighted by molar-refractivity contribution is -0.873. The van der Waals surface area contributed by atoms with E-state index in [2.05, 4.69) is 21.1 Å². The molecule has 3 unspecified atom stereocenters. The summed E-state index contributed by atoms with van der Waals surface area (Å²) >= 11 is 0. The summed E-state index contributed by atoms with van der Waals surface area (Å²) in [6.07, 6.45) is 9.34. The Morgan fingerprint density at radius 2 is 1.42 bits per heavy atom. The largest absolute Gasteiger partial charge is 0.461 e. The van der Waals surface area contributed by atoms with Gasteiger partial charge in [-0.1, -0.05) is 56.0 Å². The van der Waals surface area contributed by atoms with Gasteiger partial charge in [0.2, 0.25) is 0 Å². The molecule has 0 N–H and O–H groups in total. The van der Waals surface area contributed by atoms with E-state index in [1.807, 2.05) is 43.2 Å². The van der Waals surface area contributed by atoms with Gasteiger partial charge < -0.3 is 14.0 Å².